The van der Waals surface area contributed by atoms with E-state index < -0.39 is 6.04 Å². The highest BCUT2D eigenvalue weighted by Crippen LogP contribution is 2.41. The molecule has 9 nitrogen and oxygen atoms in total. The number of aromatic amines is 1. The van der Waals surface area contributed by atoms with Crippen molar-refractivity contribution in [1.82, 2.24) is 15.3 Å². The van der Waals surface area contributed by atoms with Crippen LogP contribution in [0.4, 0.5) is 0 Å². The van der Waals surface area contributed by atoms with Gasteiger partial charge in [0.2, 0.25) is 5.75 Å². The van der Waals surface area contributed by atoms with E-state index in [0.29, 0.717) is 57.1 Å². The third kappa shape index (κ3) is 5.49. The summed E-state index contributed by atoms with van der Waals surface area (Å²) in [7, 11) is 6.20. The van der Waals surface area contributed by atoms with Crippen molar-refractivity contribution < 1.29 is 28.8 Å². The predicted octanol–water partition coefficient (Wildman–Crippen LogP) is 5.06. The minimum atomic E-state index is -0.513. The molecule has 1 unspecified atom stereocenters. The lowest BCUT2D eigenvalue weighted by atomic mass is 10.0. The highest BCUT2D eigenvalue weighted by molar-refractivity contribution is 6.07. The Labute approximate surface area is 238 Å². The number of H-pyrrole nitrogens is 1. The average molecular weight is 556 g/mol. The summed E-state index contributed by atoms with van der Waals surface area (Å²) in [6, 6.07) is 16.4. The van der Waals surface area contributed by atoms with Gasteiger partial charge in [-0.15, -0.1) is 0 Å². The zero-order chi connectivity index (χ0) is 29.1. The van der Waals surface area contributed by atoms with Crippen LogP contribution >= 0.6 is 0 Å². The maximum atomic E-state index is 13.8. The number of aromatic nitrogens is 2. The van der Waals surface area contributed by atoms with Crippen molar-refractivity contribution in [1.29, 1.82) is 0 Å². The summed E-state index contributed by atoms with van der Waals surface area (Å²) in [4.78, 5) is 21.9. The molecule has 1 atom stereocenters. The molecule has 1 amide bonds. The fourth-order valence-corrected chi connectivity index (χ4v) is 5.06. The molecule has 5 aromatic rings. The van der Waals surface area contributed by atoms with Gasteiger partial charge >= 0.3 is 0 Å². The monoisotopic (exact) mass is 555 g/mol. The molecule has 41 heavy (non-hydrogen) atoms. The number of carbonyl (C=O) groups excluding carboxylic acids is 1. The van der Waals surface area contributed by atoms with Crippen LogP contribution in [0.15, 0.2) is 60.8 Å². The van der Waals surface area contributed by atoms with Gasteiger partial charge in [0, 0.05) is 28.0 Å². The van der Waals surface area contributed by atoms with E-state index in [-0.39, 0.29) is 12.5 Å². The number of nitrogens with one attached hydrogen (secondary N) is 2. The van der Waals surface area contributed by atoms with Crippen LogP contribution in [0.2, 0.25) is 0 Å². The van der Waals surface area contributed by atoms with Crippen LogP contribution in [0.3, 0.4) is 0 Å². The second-order valence-electron chi connectivity index (χ2n) is 9.77. The van der Waals surface area contributed by atoms with Crippen molar-refractivity contribution >= 4 is 27.7 Å². The number of amides is 1. The molecule has 2 heterocycles. The number of hydrogen-bond acceptors (Lipinski definition) is 7. The number of nitrogens with zero attached hydrogens (tertiary/aromatic N) is 1. The SMILES string of the molecule is COc1ccc2nc(-c3cc(OC)c(OC)c(OC)c3)cc(C(=O)NC(CO)Cc3c[nH]c4cc(C)ccc34)c2c1. The van der Waals surface area contributed by atoms with E-state index in [4.69, 9.17) is 23.9 Å². The van der Waals surface area contributed by atoms with Crippen LogP contribution in [-0.2, 0) is 6.42 Å². The Morgan fingerprint density at radius 2 is 1.68 bits per heavy atom. The average Bonchev–Trinajstić information content (AvgIpc) is 3.39. The number of hydrogen-bond donors (Lipinski definition) is 3. The van der Waals surface area contributed by atoms with E-state index in [2.05, 4.69) is 22.4 Å². The lowest BCUT2D eigenvalue weighted by molar-refractivity contribution is 0.0918. The lowest BCUT2D eigenvalue weighted by Crippen LogP contribution is -2.39. The molecule has 0 spiro atoms. The molecule has 0 radical (unpaired) electrons. The van der Waals surface area contributed by atoms with Gasteiger partial charge in [0.15, 0.2) is 11.5 Å². The van der Waals surface area contributed by atoms with Gasteiger partial charge in [-0.3, -0.25) is 4.79 Å². The number of benzene rings is 3. The zero-order valence-corrected chi connectivity index (χ0v) is 23.7. The third-order valence-electron chi connectivity index (χ3n) is 7.17. The summed E-state index contributed by atoms with van der Waals surface area (Å²) in [5.41, 5.74) is 5.41. The Balaban J connectivity index is 1.55. The van der Waals surface area contributed by atoms with Gasteiger partial charge in [0.25, 0.3) is 5.91 Å². The molecule has 0 aliphatic carbocycles. The number of carbonyl (C=O) groups is 1. The first-order chi connectivity index (χ1) is 19.9. The van der Waals surface area contributed by atoms with Crippen LogP contribution in [0, 0.1) is 6.92 Å². The van der Waals surface area contributed by atoms with Crippen LogP contribution in [-0.4, -0.2) is 62.1 Å². The summed E-state index contributed by atoms with van der Waals surface area (Å²) >= 11 is 0. The van der Waals surface area contributed by atoms with Gasteiger partial charge in [-0.05, 0) is 66.9 Å². The molecule has 0 bridgehead atoms. The molecule has 0 fully saturated rings. The third-order valence-corrected chi connectivity index (χ3v) is 7.17. The smallest absolute Gasteiger partial charge is 0.252 e. The number of aryl methyl sites for hydroxylation is 1. The van der Waals surface area contributed by atoms with Gasteiger partial charge < -0.3 is 34.4 Å². The van der Waals surface area contributed by atoms with Crippen LogP contribution < -0.4 is 24.3 Å². The molecule has 0 saturated heterocycles. The predicted molar refractivity (Wildman–Crippen MR) is 158 cm³/mol. The highest BCUT2D eigenvalue weighted by atomic mass is 16.5. The van der Waals surface area contributed by atoms with Crippen LogP contribution in [0.25, 0.3) is 33.1 Å². The van der Waals surface area contributed by atoms with Crippen LogP contribution in [0.1, 0.15) is 21.5 Å². The van der Waals surface area contributed by atoms with Crippen LogP contribution in [0.5, 0.6) is 23.0 Å². The van der Waals surface area contributed by atoms with Crippen molar-refractivity contribution in [2.45, 2.75) is 19.4 Å². The number of fused-ring (bicyclic) bond motifs is 2. The summed E-state index contributed by atoms with van der Waals surface area (Å²) in [5.74, 6) is 1.66. The number of ether oxygens (including phenoxy) is 4. The fraction of sp³-hybridized carbons (Fsp3) is 0.250. The summed E-state index contributed by atoms with van der Waals surface area (Å²) < 4.78 is 22.0. The van der Waals surface area contributed by atoms with E-state index in [1.54, 1.807) is 58.8 Å². The summed E-state index contributed by atoms with van der Waals surface area (Å²) in [5, 5.41) is 14.9. The maximum absolute atomic E-state index is 13.8. The molecule has 9 heteroatoms. The number of methoxy groups -OCH3 is 4. The summed E-state index contributed by atoms with van der Waals surface area (Å²) in [6.07, 6.45) is 2.38. The van der Waals surface area contributed by atoms with Gasteiger partial charge in [0.1, 0.15) is 5.75 Å². The minimum Gasteiger partial charge on any atom is -0.497 e. The Hall–Kier alpha value is -4.76. The number of aliphatic hydroxyl groups excluding tert-OH is 1. The second kappa shape index (κ2) is 11.8. The van der Waals surface area contributed by atoms with Crippen molar-refractivity contribution in [3.8, 4) is 34.3 Å². The molecule has 0 aliphatic heterocycles. The molecule has 3 aromatic carbocycles. The molecular weight excluding hydrogens is 522 g/mol. The normalized spacial score (nSPS) is 11.9. The van der Waals surface area contributed by atoms with E-state index in [1.807, 2.05) is 25.3 Å². The first kappa shape index (κ1) is 27.8. The first-order valence-corrected chi connectivity index (χ1v) is 13.2. The highest BCUT2D eigenvalue weighted by Gasteiger charge is 2.21. The molecule has 0 saturated carbocycles. The standard InChI is InChI=1S/C32H33N3O6/c1-18-6-8-23-20(16-33-28(23)10-18)11-21(17-36)34-32(37)25-15-27(35-26-9-7-22(38-2)14-24(25)26)19-12-29(39-3)31(41-5)30(13-19)40-4/h6-10,12-16,21,33,36H,11,17H2,1-5H3,(H,34,37). The van der Waals surface area contributed by atoms with Crippen molar-refractivity contribution in [3.05, 3.63) is 77.5 Å². The van der Waals surface area contributed by atoms with E-state index in [0.717, 1.165) is 22.0 Å². The number of aliphatic hydroxyl groups is 1. The van der Waals surface area contributed by atoms with E-state index >= 15 is 0 Å². The molecule has 212 valence electrons. The molecule has 0 aliphatic rings. The topological polar surface area (TPSA) is 115 Å². The Bertz CT molecular complexity index is 1700. The van der Waals surface area contributed by atoms with E-state index in [1.165, 1.54) is 0 Å². The molecule has 5 rings (SSSR count). The Morgan fingerprint density at radius 3 is 2.34 bits per heavy atom. The largest absolute Gasteiger partial charge is 0.497 e. The van der Waals surface area contributed by atoms with Gasteiger partial charge in [-0.2, -0.15) is 0 Å². The quantitative estimate of drug-likeness (QED) is 0.221. The molecule has 3 N–H and O–H groups in total. The number of pyridine rings is 1. The van der Waals surface area contributed by atoms with Crippen molar-refractivity contribution in [3.63, 3.8) is 0 Å². The zero-order valence-electron chi connectivity index (χ0n) is 23.7. The van der Waals surface area contributed by atoms with Crippen molar-refractivity contribution in [2.75, 3.05) is 35.0 Å². The molecular formula is C32H33N3O6. The van der Waals surface area contributed by atoms with Crippen molar-refractivity contribution in [2.24, 2.45) is 0 Å². The summed E-state index contributed by atoms with van der Waals surface area (Å²) in [6.45, 7) is 1.81. The van der Waals surface area contributed by atoms with Gasteiger partial charge in [-0.1, -0.05) is 12.1 Å². The fourth-order valence-electron chi connectivity index (χ4n) is 5.06. The Morgan fingerprint density at radius 1 is 0.927 bits per heavy atom. The van der Waals surface area contributed by atoms with Gasteiger partial charge in [-0.25, -0.2) is 4.98 Å². The Kier molecular flexibility index (Phi) is 7.98. The number of rotatable bonds is 10. The van der Waals surface area contributed by atoms with Gasteiger partial charge in [0.05, 0.1) is 57.9 Å². The second-order valence-corrected chi connectivity index (χ2v) is 9.77. The molecule has 2 aromatic heterocycles. The maximum Gasteiger partial charge on any atom is 0.252 e. The lowest BCUT2D eigenvalue weighted by Gasteiger charge is -2.18. The minimum absolute atomic E-state index is 0.226. The first-order valence-electron chi connectivity index (χ1n) is 13.2. The van der Waals surface area contributed by atoms with E-state index in [9.17, 15) is 9.90 Å².